The number of aliphatic hydroxyl groups is 1. The molecule has 1 aromatic rings. The van der Waals surface area contributed by atoms with Gasteiger partial charge in [0.2, 0.25) is 0 Å². The molecule has 2 atom stereocenters. The molecule has 1 saturated carbocycles. The van der Waals surface area contributed by atoms with Crippen LogP contribution in [0.1, 0.15) is 17.9 Å². The van der Waals surface area contributed by atoms with Crippen molar-refractivity contribution in [3.63, 3.8) is 0 Å². The first-order chi connectivity index (χ1) is 6.63. The molecule has 1 aliphatic rings. The number of hydrogen-bond donors (Lipinski definition) is 1. The zero-order chi connectivity index (χ0) is 10.3. The van der Waals surface area contributed by atoms with Gasteiger partial charge in [-0.05, 0) is 30.4 Å². The van der Waals surface area contributed by atoms with Crippen LogP contribution in [0.3, 0.4) is 0 Å². The molecule has 1 nitrogen and oxygen atoms in total. The third kappa shape index (κ3) is 1.68. The molecule has 2 rings (SSSR count). The molecule has 0 bridgehead atoms. The molecule has 0 aromatic heterocycles. The summed E-state index contributed by atoms with van der Waals surface area (Å²) >= 11 is 3.02. The molecule has 0 amide bonds. The molecule has 0 radical (unpaired) electrons. The summed E-state index contributed by atoms with van der Waals surface area (Å²) in [5.74, 6) is -1.18. The van der Waals surface area contributed by atoms with Gasteiger partial charge in [0.25, 0.3) is 0 Å². The Morgan fingerprint density at radius 1 is 1.36 bits per heavy atom. The number of aliphatic hydroxyl groups excluding tert-OH is 1. The number of halogens is 3. The van der Waals surface area contributed by atoms with Crippen molar-refractivity contribution in [2.75, 3.05) is 6.61 Å². The second-order valence-electron chi connectivity index (χ2n) is 3.57. The van der Waals surface area contributed by atoms with E-state index in [2.05, 4.69) is 15.9 Å². The van der Waals surface area contributed by atoms with Crippen molar-refractivity contribution in [1.29, 1.82) is 0 Å². The first kappa shape index (κ1) is 10.1. The zero-order valence-electron chi connectivity index (χ0n) is 7.30. The van der Waals surface area contributed by atoms with Crippen molar-refractivity contribution >= 4 is 15.9 Å². The molecule has 76 valence electrons. The van der Waals surface area contributed by atoms with Gasteiger partial charge in [0.15, 0.2) is 0 Å². The van der Waals surface area contributed by atoms with Crippen LogP contribution in [-0.2, 0) is 0 Å². The maximum absolute atomic E-state index is 13.4. The van der Waals surface area contributed by atoms with E-state index in [-0.39, 0.29) is 24.0 Å². The predicted octanol–water partition coefficient (Wildman–Crippen LogP) is 2.82. The fourth-order valence-corrected chi connectivity index (χ4v) is 2.11. The summed E-state index contributed by atoms with van der Waals surface area (Å²) in [6, 6.07) is 2.51. The summed E-state index contributed by atoms with van der Waals surface area (Å²) in [6.07, 6.45) is 0.673. The van der Waals surface area contributed by atoms with Gasteiger partial charge in [0.05, 0.1) is 0 Å². The Morgan fingerprint density at radius 3 is 2.36 bits per heavy atom. The number of benzene rings is 1. The third-order valence-electron chi connectivity index (χ3n) is 2.57. The van der Waals surface area contributed by atoms with Crippen LogP contribution in [-0.4, -0.2) is 11.7 Å². The van der Waals surface area contributed by atoms with Gasteiger partial charge in [-0.25, -0.2) is 8.78 Å². The van der Waals surface area contributed by atoms with E-state index < -0.39 is 11.6 Å². The highest BCUT2D eigenvalue weighted by molar-refractivity contribution is 9.10. The molecule has 1 aromatic carbocycles. The van der Waals surface area contributed by atoms with E-state index in [0.29, 0.717) is 10.9 Å². The van der Waals surface area contributed by atoms with Crippen LogP contribution in [0.2, 0.25) is 0 Å². The Bertz CT molecular complexity index is 344. The molecule has 1 N–H and O–H groups in total. The van der Waals surface area contributed by atoms with Crippen molar-refractivity contribution < 1.29 is 13.9 Å². The molecule has 4 heteroatoms. The Hall–Kier alpha value is -0.480. The molecular formula is C10H9BrF2O. The normalized spacial score (nSPS) is 25.1. The van der Waals surface area contributed by atoms with Crippen LogP contribution in [0.5, 0.6) is 0 Å². The average molecular weight is 263 g/mol. The van der Waals surface area contributed by atoms with E-state index in [9.17, 15) is 8.78 Å². The topological polar surface area (TPSA) is 20.2 Å². The molecular weight excluding hydrogens is 254 g/mol. The van der Waals surface area contributed by atoms with E-state index in [4.69, 9.17) is 5.11 Å². The van der Waals surface area contributed by atoms with Gasteiger partial charge in [-0.3, -0.25) is 0 Å². The maximum Gasteiger partial charge on any atom is 0.130 e. The van der Waals surface area contributed by atoms with Gasteiger partial charge in [-0.2, -0.15) is 0 Å². The second kappa shape index (κ2) is 3.59. The Labute approximate surface area is 88.9 Å². The van der Waals surface area contributed by atoms with Crippen LogP contribution in [0.15, 0.2) is 16.6 Å². The first-order valence-electron chi connectivity index (χ1n) is 4.38. The van der Waals surface area contributed by atoms with Gasteiger partial charge < -0.3 is 5.11 Å². The molecule has 0 aliphatic heterocycles. The van der Waals surface area contributed by atoms with Crippen molar-refractivity contribution in [3.05, 3.63) is 33.8 Å². The van der Waals surface area contributed by atoms with Crippen LogP contribution in [0.4, 0.5) is 8.78 Å². The van der Waals surface area contributed by atoms with Crippen molar-refractivity contribution in [2.24, 2.45) is 5.92 Å². The SMILES string of the molecule is OCC1CC1c1c(F)cc(Br)cc1F. The molecule has 2 unspecified atom stereocenters. The van der Waals surface area contributed by atoms with Gasteiger partial charge in [0.1, 0.15) is 11.6 Å². The molecule has 0 spiro atoms. The minimum atomic E-state index is -0.530. The van der Waals surface area contributed by atoms with Crippen molar-refractivity contribution in [3.8, 4) is 0 Å². The van der Waals surface area contributed by atoms with Crippen LogP contribution >= 0.6 is 15.9 Å². The van der Waals surface area contributed by atoms with Crippen LogP contribution < -0.4 is 0 Å². The second-order valence-corrected chi connectivity index (χ2v) is 4.48. The van der Waals surface area contributed by atoms with E-state index in [1.807, 2.05) is 0 Å². The standard InChI is InChI=1S/C10H9BrF2O/c11-6-2-8(12)10(9(13)3-6)7-1-5(7)4-14/h2-3,5,7,14H,1,4H2. The first-order valence-corrected chi connectivity index (χ1v) is 5.18. The Kier molecular flexibility index (Phi) is 2.58. The van der Waals surface area contributed by atoms with Crippen molar-refractivity contribution in [1.82, 2.24) is 0 Å². The molecule has 0 heterocycles. The fourth-order valence-electron chi connectivity index (χ4n) is 1.71. The van der Waals surface area contributed by atoms with Crippen LogP contribution in [0.25, 0.3) is 0 Å². The lowest BCUT2D eigenvalue weighted by Gasteiger charge is -2.04. The lowest BCUT2D eigenvalue weighted by Crippen LogP contribution is -1.96. The van der Waals surface area contributed by atoms with E-state index in [1.165, 1.54) is 12.1 Å². The third-order valence-corrected chi connectivity index (χ3v) is 3.03. The lowest BCUT2D eigenvalue weighted by molar-refractivity contribution is 0.273. The quantitative estimate of drug-likeness (QED) is 0.869. The largest absolute Gasteiger partial charge is 0.396 e. The smallest absolute Gasteiger partial charge is 0.130 e. The monoisotopic (exact) mass is 262 g/mol. The predicted molar refractivity (Wildman–Crippen MR) is 52.0 cm³/mol. The summed E-state index contributed by atoms with van der Waals surface area (Å²) in [6.45, 7) is -0.000386. The molecule has 1 aliphatic carbocycles. The fraction of sp³-hybridized carbons (Fsp3) is 0.400. The molecule has 14 heavy (non-hydrogen) atoms. The van der Waals surface area contributed by atoms with Crippen molar-refractivity contribution in [2.45, 2.75) is 12.3 Å². The highest BCUT2D eigenvalue weighted by atomic mass is 79.9. The van der Waals surface area contributed by atoms with Gasteiger partial charge in [-0.15, -0.1) is 0 Å². The minimum Gasteiger partial charge on any atom is -0.396 e. The van der Waals surface area contributed by atoms with E-state index in [1.54, 1.807) is 0 Å². The summed E-state index contributed by atoms with van der Waals surface area (Å²) in [4.78, 5) is 0. The average Bonchev–Trinajstić information content (AvgIpc) is 2.81. The van der Waals surface area contributed by atoms with Crippen LogP contribution in [0, 0.1) is 17.6 Å². The van der Waals surface area contributed by atoms with Gasteiger partial charge in [0, 0.05) is 16.6 Å². The maximum atomic E-state index is 13.4. The Morgan fingerprint density at radius 2 is 1.93 bits per heavy atom. The van der Waals surface area contributed by atoms with Gasteiger partial charge in [-0.1, -0.05) is 15.9 Å². The van der Waals surface area contributed by atoms with Gasteiger partial charge >= 0.3 is 0 Å². The Balaban J connectivity index is 2.34. The summed E-state index contributed by atoms with van der Waals surface area (Å²) < 4.78 is 27.1. The summed E-state index contributed by atoms with van der Waals surface area (Å²) in [5, 5.41) is 8.82. The molecule has 1 fully saturated rings. The number of rotatable bonds is 2. The minimum absolute atomic E-state index is 0.000386. The molecule has 0 saturated heterocycles. The zero-order valence-corrected chi connectivity index (χ0v) is 8.89. The highest BCUT2D eigenvalue weighted by Gasteiger charge is 2.41. The highest BCUT2D eigenvalue weighted by Crippen LogP contribution is 2.48. The van der Waals surface area contributed by atoms with E-state index in [0.717, 1.165) is 0 Å². The summed E-state index contributed by atoms with van der Waals surface area (Å²) in [5.41, 5.74) is 0.118. The summed E-state index contributed by atoms with van der Waals surface area (Å²) in [7, 11) is 0. The lowest BCUT2D eigenvalue weighted by atomic mass is 10.1. The van der Waals surface area contributed by atoms with E-state index >= 15 is 0 Å². The number of hydrogen-bond acceptors (Lipinski definition) is 1.